The van der Waals surface area contributed by atoms with Crippen LogP contribution in [-0.4, -0.2) is 41.1 Å². The van der Waals surface area contributed by atoms with E-state index in [9.17, 15) is 4.79 Å². The quantitative estimate of drug-likeness (QED) is 0.785. The summed E-state index contributed by atoms with van der Waals surface area (Å²) in [5, 5.41) is 0.586. The van der Waals surface area contributed by atoms with E-state index >= 15 is 0 Å². The lowest BCUT2D eigenvalue weighted by Crippen LogP contribution is -2.23. The highest BCUT2D eigenvalue weighted by Gasteiger charge is 2.09. The molecule has 2 aromatic heterocycles. The fourth-order valence-corrected chi connectivity index (χ4v) is 2.26. The molecule has 0 fully saturated rings. The summed E-state index contributed by atoms with van der Waals surface area (Å²) < 4.78 is 0. The van der Waals surface area contributed by atoms with Gasteiger partial charge in [-0.3, -0.25) is 9.78 Å². The summed E-state index contributed by atoms with van der Waals surface area (Å²) in [6.45, 7) is 0.551. The van der Waals surface area contributed by atoms with E-state index in [1.165, 1.54) is 0 Å². The fraction of sp³-hybridized carbons (Fsp3) is 0.250. The summed E-state index contributed by atoms with van der Waals surface area (Å²) in [5.41, 5.74) is 1.47. The third kappa shape index (κ3) is 3.13. The summed E-state index contributed by atoms with van der Waals surface area (Å²) in [7, 11) is 5.66. The van der Waals surface area contributed by atoms with Crippen LogP contribution in [0.4, 0.5) is 11.9 Å². The van der Waals surface area contributed by atoms with Crippen molar-refractivity contribution in [2.45, 2.75) is 6.54 Å². The summed E-state index contributed by atoms with van der Waals surface area (Å²) >= 11 is 0. The van der Waals surface area contributed by atoms with Crippen LogP contribution in [-0.2, 0) is 6.54 Å². The van der Waals surface area contributed by atoms with Gasteiger partial charge >= 0.3 is 0 Å². The monoisotopic (exact) mass is 310 g/mol. The first kappa shape index (κ1) is 15.0. The van der Waals surface area contributed by atoms with Crippen molar-refractivity contribution in [3.63, 3.8) is 0 Å². The molecule has 0 aliphatic carbocycles. The maximum Gasteiger partial charge on any atom is 0.260 e. The molecule has 118 valence electrons. The number of nitrogens with zero attached hydrogens (tertiary/aromatic N) is 5. The average molecular weight is 310 g/mol. The maximum absolute atomic E-state index is 12.1. The van der Waals surface area contributed by atoms with E-state index < -0.39 is 0 Å². The zero-order chi connectivity index (χ0) is 16.4. The molecule has 0 amide bonds. The van der Waals surface area contributed by atoms with Gasteiger partial charge in [0.2, 0.25) is 11.9 Å². The minimum atomic E-state index is -0.142. The Morgan fingerprint density at radius 3 is 2.48 bits per heavy atom. The minimum absolute atomic E-state index is 0.142. The molecule has 0 atom stereocenters. The molecule has 0 radical (unpaired) electrons. The van der Waals surface area contributed by atoms with Gasteiger partial charge in [-0.25, -0.2) is 15.0 Å². The lowest BCUT2D eigenvalue weighted by molar-refractivity contribution is 0.852. The van der Waals surface area contributed by atoms with Crippen LogP contribution in [0, 0.1) is 0 Å². The van der Waals surface area contributed by atoms with Gasteiger partial charge in [-0.15, -0.1) is 0 Å². The van der Waals surface area contributed by atoms with Crippen LogP contribution < -0.4 is 15.4 Å². The molecule has 0 aliphatic rings. The zero-order valence-corrected chi connectivity index (χ0v) is 13.3. The Labute approximate surface area is 133 Å². The predicted octanol–water partition coefficient (Wildman–Crippen LogP) is 1.42. The summed E-state index contributed by atoms with van der Waals surface area (Å²) in [6.07, 6.45) is 3.55. The van der Waals surface area contributed by atoms with Gasteiger partial charge in [-0.2, -0.15) is 0 Å². The SMILES string of the molecule is CN(C)c1ncc(CN(C)c2nc3ccccc3c(=O)[nH]2)cn1. The highest BCUT2D eigenvalue weighted by Crippen LogP contribution is 2.13. The van der Waals surface area contributed by atoms with Crippen molar-refractivity contribution in [2.24, 2.45) is 0 Å². The molecule has 3 aromatic rings. The highest BCUT2D eigenvalue weighted by atomic mass is 16.1. The van der Waals surface area contributed by atoms with E-state index in [1.807, 2.05) is 49.1 Å². The highest BCUT2D eigenvalue weighted by molar-refractivity contribution is 5.78. The lowest BCUT2D eigenvalue weighted by Gasteiger charge is -2.18. The van der Waals surface area contributed by atoms with E-state index in [2.05, 4.69) is 19.9 Å². The molecule has 0 saturated carbocycles. The summed E-state index contributed by atoms with van der Waals surface area (Å²) in [4.78, 5) is 31.7. The van der Waals surface area contributed by atoms with Crippen molar-refractivity contribution >= 4 is 22.8 Å². The molecule has 23 heavy (non-hydrogen) atoms. The van der Waals surface area contributed by atoms with Gasteiger partial charge in [-0.1, -0.05) is 12.1 Å². The van der Waals surface area contributed by atoms with E-state index in [4.69, 9.17) is 0 Å². The molecule has 2 heterocycles. The number of aromatic nitrogens is 4. The second kappa shape index (κ2) is 6.04. The first-order chi connectivity index (χ1) is 11.0. The molecule has 0 bridgehead atoms. The number of benzene rings is 1. The molecule has 0 spiro atoms. The summed E-state index contributed by atoms with van der Waals surface area (Å²) in [5.74, 6) is 1.18. The van der Waals surface area contributed by atoms with Crippen LogP contribution in [0.3, 0.4) is 0 Å². The average Bonchev–Trinajstić information content (AvgIpc) is 2.55. The number of fused-ring (bicyclic) bond motifs is 1. The van der Waals surface area contributed by atoms with Gasteiger partial charge in [0.05, 0.1) is 10.9 Å². The van der Waals surface area contributed by atoms with Crippen LogP contribution >= 0.6 is 0 Å². The fourth-order valence-electron chi connectivity index (χ4n) is 2.26. The maximum atomic E-state index is 12.1. The Hall–Kier alpha value is -2.96. The molecule has 1 aromatic carbocycles. The Morgan fingerprint density at radius 2 is 1.78 bits per heavy atom. The molecule has 0 saturated heterocycles. The third-order valence-corrected chi connectivity index (χ3v) is 3.47. The Balaban J connectivity index is 1.85. The normalized spacial score (nSPS) is 10.7. The van der Waals surface area contributed by atoms with E-state index in [1.54, 1.807) is 18.5 Å². The first-order valence-corrected chi connectivity index (χ1v) is 7.23. The molecular formula is C16H18N6O. The van der Waals surface area contributed by atoms with Crippen molar-refractivity contribution in [2.75, 3.05) is 30.9 Å². The predicted molar refractivity (Wildman–Crippen MR) is 90.8 cm³/mol. The minimum Gasteiger partial charge on any atom is -0.347 e. The van der Waals surface area contributed by atoms with Gasteiger partial charge < -0.3 is 9.80 Å². The van der Waals surface area contributed by atoms with Crippen LogP contribution in [0.15, 0.2) is 41.5 Å². The van der Waals surface area contributed by atoms with Crippen molar-refractivity contribution in [3.8, 4) is 0 Å². The van der Waals surface area contributed by atoms with Crippen molar-refractivity contribution in [1.29, 1.82) is 0 Å². The number of hydrogen-bond donors (Lipinski definition) is 1. The second-order valence-electron chi connectivity index (χ2n) is 5.55. The molecular weight excluding hydrogens is 292 g/mol. The number of rotatable bonds is 4. The number of hydrogen-bond acceptors (Lipinski definition) is 6. The van der Waals surface area contributed by atoms with Crippen LogP contribution in [0.5, 0.6) is 0 Å². The number of nitrogens with one attached hydrogen (secondary N) is 1. The number of anilines is 2. The number of aromatic amines is 1. The molecule has 7 nitrogen and oxygen atoms in total. The van der Waals surface area contributed by atoms with Crippen LogP contribution in [0.25, 0.3) is 10.9 Å². The molecule has 7 heteroatoms. The van der Waals surface area contributed by atoms with Crippen LogP contribution in [0.2, 0.25) is 0 Å². The molecule has 0 aliphatic heterocycles. The van der Waals surface area contributed by atoms with E-state index in [0.717, 1.165) is 5.56 Å². The van der Waals surface area contributed by atoms with Gasteiger partial charge in [-0.05, 0) is 12.1 Å². The Bertz CT molecular complexity index is 872. The standard InChI is InChI=1S/C16H18N6O/c1-21(2)15-17-8-11(9-18-15)10-22(3)16-19-13-7-5-4-6-12(13)14(23)20-16/h4-9H,10H2,1-3H3,(H,19,20,23). The van der Waals surface area contributed by atoms with Crippen molar-refractivity contribution in [1.82, 2.24) is 19.9 Å². The van der Waals surface area contributed by atoms with Gasteiger partial charge in [0, 0.05) is 45.6 Å². The van der Waals surface area contributed by atoms with E-state index in [0.29, 0.717) is 29.3 Å². The largest absolute Gasteiger partial charge is 0.347 e. The topological polar surface area (TPSA) is 78.0 Å². The van der Waals surface area contributed by atoms with Crippen LogP contribution in [0.1, 0.15) is 5.56 Å². The van der Waals surface area contributed by atoms with Crippen molar-refractivity contribution < 1.29 is 0 Å². The lowest BCUT2D eigenvalue weighted by atomic mass is 10.2. The van der Waals surface area contributed by atoms with E-state index in [-0.39, 0.29) is 5.56 Å². The smallest absolute Gasteiger partial charge is 0.260 e. The molecule has 3 rings (SSSR count). The second-order valence-corrected chi connectivity index (χ2v) is 5.55. The van der Waals surface area contributed by atoms with Crippen molar-refractivity contribution in [3.05, 3.63) is 52.6 Å². The summed E-state index contributed by atoms with van der Waals surface area (Å²) in [6, 6.07) is 7.29. The Kier molecular flexibility index (Phi) is 3.92. The third-order valence-electron chi connectivity index (χ3n) is 3.47. The van der Waals surface area contributed by atoms with Gasteiger partial charge in [0.25, 0.3) is 5.56 Å². The Morgan fingerprint density at radius 1 is 1.09 bits per heavy atom. The molecule has 0 unspecified atom stereocenters. The first-order valence-electron chi connectivity index (χ1n) is 7.23. The molecule has 1 N–H and O–H groups in total. The zero-order valence-electron chi connectivity index (χ0n) is 13.3. The number of para-hydroxylation sites is 1. The number of H-pyrrole nitrogens is 1. The van der Waals surface area contributed by atoms with Gasteiger partial charge in [0.15, 0.2) is 0 Å². The van der Waals surface area contributed by atoms with Gasteiger partial charge in [0.1, 0.15) is 0 Å².